The van der Waals surface area contributed by atoms with Crippen molar-refractivity contribution in [3.05, 3.63) is 188 Å². The largest absolute Gasteiger partial charge is 0.508 e. The van der Waals surface area contributed by atoms with Crippen LogP contribution in [0.2, 0.25) is 0 Å². The van der Waals surface area contributed by atoms with Gasteiger partial charge in [-0.2, -0.15) is 0 Å². The van der Waals surface area contributed by atoms with Crippen LogP contribution in [0.3, 0.4) is 0 Å². The summed E-state index contributed by atoms with van der Waals surface area (Å²) in [5.41, 5.74) is 10.6. The van der Waals surface area contributed by atoms with Crippen molar-refractivity contribution in [2.24, 2.45) is 16.8 Å². The van der Waals surface area contributed by atoms with Crippen molar-refractivity contribution in [1.29, 1.82) is 0 Å². The molecular weight excluding hydrogens is 1440 g/mol. The lowest BCUT2D eigenvalue weighted by Crippen LogP contribution is -2.24. The molecule has 0 saturated heterocycles. The molecule has 0 spiro atoms. The number of hydrogen-bond donors (Lipinski definition) is 10. The van der Waals surface area contributed by atoms with Gasteiger partial charge in [0.15, 0.2) is 12.6 Å². The number of rotatable bonds is 16. The van der Waals surface area contributed by atoms with Crippen LogP contribution in [0.1, 0.15) is 173 Å². The highest BCUT2D eigenvalue weighted by atomic mass is 80.9. The molecule has 0 unspecified atom stereocenters. The second-order valence-electron chi connectivity index (χ2n) is 23.9. The van der Waals surface area contributed by atoms with Crippen LogP contribution in [0.4, 0.5) is 0 Å². The number of esters is 4. The zero-order valence-corrected chi connectivity index (χ0v) is 60.9. The molecular formula is C71H90Br3N3O19. The van der Waals surface area contributed by atoms with Gasteiger partial charge in [-0.05, 0) is 227 Å². The second-order valence-corrected chi connectivity index (χ2v) is 24.7. The maximum Gasteiger partial charge on any atom is 0.331 e. The van der Waals surface area contributed by atoms with E-state index in [1.807, 2.05) is 54.5 Å². The number of nitrogens with zero attached hydrogens (tertiary/aromatic N) is 1. The Labute approximate surface area is 585 Å². The maximum atomic E-state index is 11.6. The minimum atomic E-state index is -0.552. The van der Waals surface area contributed by atoms with Gasteiger partial charge in [0.25, 0.3) is 0 Å². The van der Waals surface area contributed by atoms with E-state index in [2.05, 4.69) is 55.2 Å². The van der Waals surface area contributed by atoms with E-state index in [0.717, 1.165) is 28.7 Å². The van der Waals surface area contributed by atoms with Gasteiger partial charge in [0, 0.05) is 86.5 Å². The first-order valence-electron chi connectivity index (χ1n) is 29.3. The van der Waals surface area contributed by atoms with Crippen LogP contribution in [0.25, 0.3) is 12.2 Å². The van der Waals surface area contributed by atoms with Crippen molar-refractivity contribution in [1.82, 2.24) is 0 Å². The Bertz CT molecular complexity index is 3410. The number of aryl methyl sites for hydroxylation is 3. The van der Waals surface area contributed by atoms with Gasteiger partial charge in [-0.25, -0.2) is 15.5 Å². The van der Waals surface area contributed by atoms with Crippen LogP contribution in [0.5, 0.6) is 34.5 Å². The number of hydrogen-bond acceptors (Lipinski definition) is 22. The van der Waals surface area contributed by atoms with Gasteiger partial charge in [0.2, 0.25) is 0 Å². The Hall–Kier alpha value is -8.72. The van der Waals surface area contributed by atoms with E-state index in [1.54, 1.807) is 102 Å². The van der Waals surface area contributed by atoms with E-state index in [1.165, 1.54) is 79.0 Å². The number of halogens is 3. The Balaban J connectivity index is 0. The Morgan fingerprint density at radius 3 is 1.19 bits per heavy atom. The molecule has 0 aliphatic rings. The SMILES string of the molecule is BrBr.CC(C)(C)OC(=O)/C=C/c1ccc(O)cc1/C=N/O.CC(C)(C)OC(=O)/C=C/c1ccc(O)cc1C=O.CC(C)(C)OC(=O)CCc1ccc(O)cc1CN.CCc1cc(O)ccc1CCC(=O)OC(C)(C)C.NO.O=Cc1cc(O)ccc1Br.O=Cc1cccc(O)c1. The maximum absolute atomic E-state index is 11.6. The molecule has 6 aromatic carbocycles. The summed E-state index contributed by atoms with van der Waals surface area (Å²) in [5.74, 6) is 2.89. The molecule has 0 fully saturated rings. The average Bonchev–Trinajstić information content (AvgIpc) is 1.18. The molecule has 25 heteroatoms. The topological polar surface area (TPSA) is 383 Å². The standard InChI is InChI=1S/C15H22O3.C14H17NO4.C14H21NO3.C14H16O4.C7H5BrO2.C7H6O2.Br2.H3NO/c1-5-11-10-13(16)8-6-12(11)7-9-14(17)18-15(2,3)4;1-14(2,3)19-13(17)7-5-10-4-6-12(16)8-11(10)9-15-18;2*1-14(2,3)18-13(17)7-5-10-4-6-12(16)8-11(10)9-15;8-7-2-1-6(10)3-5(7)4-9;8-5-6-2-1-3-7(9)4-6;2*1-2/h6,8,10,16H,5,7,9H2,1-4H3;4-9,16,18H,1-3H3;4,6,8,16H,5,7,9,15H2,1-3H3;4-9,16H,1-3H3;1-4,10H;1-5,9H;;2H,1H2/b;7-5+,15-9+;;7-5+;;;;. The number of ether oxygens (including phenoxy) is 4. The smallest absolute Gasteiger partial charge is 0.331 e. The molecule has 0 saturated carbocycles. The van der Waals surface area contributed by atoms with Crippen LogP contribution in [-0.2, 0) is 63.9 Å². The fourth-order valence-corrected chi connectivity index (χ4v) is 7.74. The van der Waals surface area contributed by atoms with Crippen LogP contribution in [0, 0.1) is 0 Å². The molecule has 0 amide bonds. The molecule has 0 bridgehead atoms. The normalized spacial score (nSPS) is 10.7. The van der Waals surface area contributed by atoms with Gasteiger partial charge in [0.1, 0.15) is 63.2 Å². The summed E-state index contributed by atoms with van der Waals surface area (Å²) in [6, 6.07) is 29.9. The first kappa shape index (κ1) is 89.3. The first-order chi connectivity index (χ1) is 44.8. The summed E-state index contributed by atoms with van der Waals surface area (Å²) in [5, 5.41) is 72.9. The van der Waals surface area contributed by atoms with Crippen LogP contribution >= 0.6 is 44.2 Å². The predicted octanol–water partition coefficient (Wildman–Crippen LogP) is 14.7. The second kappa shape index (κ2) is 46.4. The van der Waals surface area contributed by atoms with Gasteiger partial charge in [-0.1, -0.05) is 64.4 Å². The zero-order chi connectivity index (χ0) is 74.0. The zero-order valence-electron chi connectivity index (χ0n) is 56.1. The number of phenols is 6. The Morgan fingerprint density at radius 2 is 0.823 bits per heavy atom. The quantitative estimate of drug-likeness (QED) is 0.00818. The molecule has 12 N–H and O–H groups in total. The molecule has 524 valence electrons. The molecule has 0 atom stereocenters. The van der Waals surface area contributed by atoms with Crippen molar-refractivity contribution in [2.45, 2.75) is 151 Å². The van der Waals surface area contributed by atoms with Gasteiger partial charge < -0.3 is 65.7 Å². The lowest BCUT2D eigenvalue weighted by molar-refractivity contribution is -0.155. The summed E-state index contributed by atoms with van der Waals surface area (Å²) in [6.07, 6.45) is 11.5. The average molecular weight is 1530 g/mol. The molecule has 0 radical (unpaired) electrons. The fraction of sp³-hybridized carbons (Fsp3) is 0.324. The number of benzene rings is 6. The molecule has 22 nitrogen and oxygen atoms in total. The van der Waals surface area contributed by atoms with Gasteiger partial charge in [0.05, 0.1) is 6.21 Å². The number of aldehydes is 3. The van der Waals surface area contributed by atoms with E-state index < -0.39 is 34.3 Å². The lowest BCUT2D eigenvalue weighted by Gasteiger charge is -2.19. The van der Waals surface area contributed by atoms with Crippen molar-refractivity contribution < 1.29 is 93.6 Å². The number of carbonyl (C=O) groups excluding carboxylic acids is 7. The van der Waals surface area contributed by atoms with Crippen LogP contribution in [0.15, 0.2) is 137 Å². The molecule has 96 heavy (non-hydrogen) atoms. The fourth-order valence-electron chi connectivity index (χ4n) is 7.40. The molecule has 0 aromatic heterocycles. The summed E-state index contributed by atoms with van der Waals surface area (Å²) in [7, 11) is 0. The van der Waals surface area contributed by atoms with E-state index >= 15 is 0 Å². The Morgan fingerprint density at radius 1 is 0.458 bits per heavy atom. The highest BCUT2D eigenvalue weighted by molar-refractivity contribution is 9.93. The van der Waals surface area contributed by atoms with Gasteiger partial charge >= 0.3 is 23.9 Å². The van der Waals surface area contributed by atoms with Gasteiger partial charge in [-0.15, -0.1) is 0 Å². The summed E-state index contributed by atoms with van der Waals surface area (Å²) in [4.78, 5) is 77.3. The first-order valence-corrected chi connectivity index (χ1v) is 33.8. The van der Waals surface area contributed by atoms with E-state index in [0.29, 0.717) is 88.9 Å². The predicted molar refractivity (Wildman–Crippen MR) is 381 cm³/mol. The Kier molecular flexibility index (Phi) is 43.2. The highest BCUT2D eigenvalue weighted by Crippen LogP contribution is 2.24. The molecule has 6 aromatic rings. The molecule has 0 aliphatic heterocycles. The van der Waals surface area contributed by atoms with Crippen molar-refractivity contribution in [3.63, 3.8) is 0 Å². The summed E-state index contributed by atoms with van der Waals surface area (Å²) in [6.45, 7) is 24.2. The number of oxime groups is 1. The van der Waals surface area contributed by atoms with Gasteiger partial charge in [-0.3, -0.25) is 24.0 Å². The van der Waals surface area contributed by atoms with E-state index in [9.17, 15) is 54.0 Å². The molecule has 0 heterocycles. The van der Waals surface area contributed by atoms with Crippen molar-refractivity contribution in [2.75, 3.05) is 0 Å². The molecule has 6 rings (SSSR count). The number of nitrogens with two attached hydrogens (primary N) is 2. The summed E-state index contributed by atoms with van der Waals surface area (Å²) < 4.78 is 21.4. The van der Waals surface area contributed by atoms with Crippen molar-refractivity contribution >= 4 is 105 Å². The monoisotopic (exact) mass is 1530 g/mol. The van der Waals surface area contributed by atoms with Crippen LogP contribution in [-0.4, -0.2) is 112 Å². The molecule has 0 aliphatic carbocycles. The number of aromatic hydroxyl groups is 6. The third kappa shape index (κ3) is 42.6. The lowest BCUT2D eigenvalue weighted by atomic mass is 10.0. The van der Waals surface area contributed by atoms with Crippen molar-refractivity contribution in [3.8, 4) is 34.5 Å². The van der Waals surface area contributed by atoms with Crippen LogP contribution < -0.4 is 11.6 Å². The number of phenolic OH excluding ortho intramolecular Hbond substituents is 6. The minimum Gasteiger partial charge on any atom is -0.508 e. The third-order valence-electron chi connectivity index (χ3n) is 11.2. The third-order valence-corrected chi connectivity index (χ3v) is 11.9. The highest BCUT2D eigenvalue weighted by Gasteiger charge is 2.19. The van der Waals surface area contributed by atoms with E-state index in [4.69, 9.17) is 45.3 Å². The number of carbonyl (C=O) groups is 7. The van der Waals surface area contributed by atoms with E-state index in [-0.39, 0.29) is 46.4 Å². The minimum absolute atomic E-state index is 0.00604. The summed E-state index contributed by atoms with van der Waals surface area (Å²) >= 11 is 8.65.